The molecule has 0 saturated carbocycles. The number of ether oxygens (including phenoxy) is 3. The summed E-state index contributed by atoms with van der Waals surface area (Å²) in [4.78, 5) is 24.3. The van der Waals surface area contributed by atoms with E-state index in [1.165, 1.54) is 0 Å². The summed E-state index contributed by atoms with van der Waals surface area (Å²) in [6.45, 7) is 7.69. The van der Waals surface area contributed by atoms with Crippen molar-refractivity contribution in [2.75, 3.05) is 33.5 Å². The van der Waals surface area contributed by atoms with Gasteiger partial charge in [-0.3, -0.25) is 4.98 Å². The lowest BCUT2D eigenvalue weighted by molar-refractivity contribution is 0.00681. The number of fused-ring (bicyclic) bond motifs is 7. The Bertz CT molecular complexity index is 1300. The van der Waals surface area contributed by atoms with E-state index < -0.39 is 18.0 Å². The number of nitrogens with zero attached hydrogens (tertiary/aromatic N) is 5. The van der Waals surface area contributed by atoms with Crippen molar-refractivity contribution in [3.8, 4) is 23.0 Å². The Morgan fingerprint density at radius 3 is 2.74 bits per heavy atom. The van der Waals surface area contributed by atoms with Crippen molar-refractivity contribution in [1.29, 1.82) is 0 Å². The van der Waals surface area contributed by atoms with Crippen molar-refractivity contribution < 1.29 is 27.8 Å². The molecule has 0 spiro atoms. The number of hydrogen-bond donors (Lipinski definition) is 1. The Morgan fingerprint density at radius 1 is 1.23 bits per heavy atom. The Morgan fingerprint density at radius 2 is 2.03 bits per heavy atom. The first-order valence-corrected chi connectivity index (χ1v) is 13.2. The number of alkyl halides is 2. The molecule has 0 aliphatic carbocycles. The Labute approximate surface area is 226 Å². The van der Waals surface area contributed by atoms with Crippen LogP contribution in [0.15, 0.2) is 24.5 Å². The maximum atomic E-state index is 13.6. The standard InChI is InChI=1S/C27H36F2N6O4/c1-6-34-18(3)21-13-20(24(37-5)16-30-21)22-14-23-17(2)15-31-35(23)26(33-22)39-12-11-38-10-8-19(32-25(34)36)7-9-27(4,28)29/h13-16,18-19H,6-12H2,1-5H3,(H,32,36)/t18-,19+/m1/s1. The fourth-order valence-corrected chi connectivity index (χ4v) is 4.61. The normalized spacial score (nSPS) is 19.4. The van der Waals surface area contributed by atoms with Crippen LogP contribution >= 0.6 is 0 Å². The third-order valence-corrected chi connectivity index (χ3v) is 6.88. The van der Waals surface area contributed by atoms with E-state index in [9.17, 15) is 13.6 Å². The number of aryl methyl sites for hydroxylation is 1. The van der Waals surface area contributed by atoms with E-state index in [1.807, 2.05) is 32.9 Å². The van der Waals surface area contributed by atoms with Gasteiger partial charge in [0.1, 0.15) is 12.4 Å². The van der Waals surface area contributed by atoms with Gasteiger partial charge in [0, 0.05) is 31.2 Å². The van der Waals surface area contributed by atoms with Gasteiger partial charge in [0.15, 0.2) is 0 Å². The number of halogens is 2. The minimum Gasteiger partial charge on any atom is -0.494 e. The van der Waals surface area contributed by atoms with Crippen LogP contribution < -0.4 is 14.8 Å². The van der Waals surface area contributed by atoms with Crippen LogP contribution in [-0.2, 0) is 4.74 Å². The van der Waals surface area contributed by atoms with E-state index in [0.717, 1.165) is 18.0 Å². The molecule has 0 aromatic carbocycles. The Balaban J connectivity index is 1.75. The first-order chi connectivity index (χ1) is 18.6. The molecule has 0 saturated heterocycles. The molecule has 4 bridgehead atoms. The van der Waals surface area contributed by atoms with Gasteiger partial charge in [-0.1, -0.05) is 0 Å². The predicted octanol–water partition coefficient (Wildman–Crippen LogP) is 4.80. The highest BCUT2D eigenvalue weighted by atomic mass is 19.3. The molecule has 0 radical (unpaired) electrons. The number of carbonyl (C=O) groups is 1. The lowest BCUT2D eigenvalue weighted by Crippen LogP contribution is -2.46. The summed E-state index contributed by atoms with van der Waals surface area (Å²) in [5, 5.41) is 7.34. The molecule has 1 aliphatic heterocycles. The van der Waals surface area contributed by atoms with Crippen molar-refractivity contribution in [2.24, 2.45) is 0 Å². The highest BCUT2D eigenvalue weighted by molar-refractivity contribution is 5.76. The van der Waals surface area contributed by atoms with Crippen LogP contribution in [0.3, 0.4) is 0 Å². The zero-order chi connectivity index (χ0) is 28.2. The second-order valence-electron chi connectivity index (χ2n) is 9.82. The van der Waals surface area contributed by atoms with Gasteiger partial charge in [0.05, 0.1) is 49.1 Å². The minimum atomic E-state index is -2.83. The molecule has 4 heterocycles. The van der Waals surface area contributed by atoms with Gasteiger partial charge in [-0.25, -0.2) is 13.6 Å². The molecule has 0 fully saturated rings. The Hall–Kier alpha value is -3.54. The van der Waals surface area contributed by atoms with E-state index in [-0.39, 0.29) is 38.7 Å². The van der Waals surface area contributed by atoms with Crippen molar-refractivity contribution in [1.82, 2.24) is 29.8 Å². The third-order valence-electron chi connectivity index (χ3n) is 6.88. The number of nitrogens with one attached hydrogen (secondary N) is 1. The van der Waals surface area contributed by atoms with Crippen molar-refractivity contribution in [2.45, 2.75) is 65.0 Å². The first kappa shape index (κ1) is 28.5. The summed E-state index contributed by atoms with van der Waals surface area (Å²) in [6.07, 6.45) is 3.52. The van der Waals surface area contributed by atoms with Crippen LogP contribution in [0.5, 0.6) is 11.8 Å². The zero-order valence-corrected chi connectivity index (χ0v) is 23.0. The summed E-state index contributed by atoms with van der Waals surface area (Å²) in [7, 11) is 1.56. The quantitative estimate of drug-likeness (QED) is 0.490. The summed E-state index contributed by atoms with van der Waals surface area (Å²) < 4.78 is 46.2. The molecule has 2 amide bonds. The molecule has 2 atom stereocenters. The van der Waals surface area contributed by atoms with E-state index >= 15 is 0 Å². The average molecular weight is 547 g/mol. The molecule has 212 valence electrons. The Kier molecular flexibility index (Phi) is 8.83. The topological polar surface area (TPSA) is 103 Å². The monoisotopic (exact) mass is 546 g/mol. The fraction of sp³-hybridized carbons (Fsp3) is 0.556. The van der Waals surface area contributed by atoms with E-state index in [0.29, 0.717) is 41.7 Å². The van der Waals surface area contributed by atoms with Gasteiger partial charge in [0.25, 0.3) is 0 Å². The molecule has 39 heavy (non-hydrogen) atoms. The van der Waals surface area contributed by atoms with Crippen LogP contribution in [-0.4, -0.2) is 76.0 Å². The first-order valence-electron chi connectivity index (χ1n) is 13.2. The molecule has 1 aliphatic rings. The molecule has 3 aromatic heterocycles. The van der Waals surface area contributed by atoms with Gasteiger partial charge in [0.2, 0.25) is 5.92 Å². The maximum Gasteiger partial charge on any atom is 0.318 e. The summed E-state index contributed by atoms with van der Waals surface area (Å²) in [5.74, 6) is -2.31. The number of urea groups is 1. The SMILES string of the molecule is CCN1C(=O)N[C@@H](CCC(C)(F)F)CCOCCOc2nc(cc3c(C)cnn23)-c2cc(ncc2OC)[C@H]1C. The zero-order valence-electron chi connectivity index (χ0n) is 23.0. The highest BCUT2D eigenvalue weighted by Gasteiger charge is 2.28. The number of hydrogen-bond acceptors (Lipinski definition) is 7. The molecular weight excluding hydrogens is 510 g/mol. The van der Waals surface area contributed by atoms with Crippen LogP contribution in [0.1, 0.15) is 57.3 Å². The van der Waals surface area contributed by atoms with Crippen molar-refractivity contribution >= 4 is 11.5 Å². The number of methoxy groups -OCH3 is 1. The van der Waals surface area contributed by atoms with E-state index in [4.69, 9.17) is 19.2 Å². The van der Waals surface area contributed by atoms with E-state index in [1.54, 1.807) is 28.9 Å². The summed E-state index contributed by atoms with van der Waals surface area (Å²) in [5.41, 5.74) is 3.69. The molecule has 12 heteroatoms. The molecular formula is C27H36F2N6O4. The maximum absolute atomic E-state index is 13.6. The van der Waals surface area contributed by atoms with Gasteiger partial charge in [-0.05, 0) is 58.2 Å². The largest absolute Gasteiger partial charge is 0.494 e. The van der Waals surface area contributed by atoms with Crippen molar-refractivity contribution in [3.63, 3.8) is 0 Å². The molecule has 0 unspecified atom stereocenters. The van der Waals surface area contributed by atoms with E-state index in [2.05, 4.69) is 15.4 Å². The molecule has 10 nitrogen and oxygen atoms in total. The van der Waals surface area contributed by atoms with Gasteiger partial charge < -0.3 is 24.4 Å². The number of carbonyl (C=O) groups excluding carboxylic acids is 1. The lowest BCUT2D eigenvalue weighted by Gasteiger charge is -2.31. The van der Waals surface area contributed by atoms with Crippen LogP contribution in [0.4, 0.5) is 13.6 Å². The van der Waals surface area contributed by atoms with Gasteiger partial charge in [-0.15, -0.1) is 0 Å². The predicted molar refractivity (Wildman–Crippen MR) is 141 cm³/mol. The smallest absolute Gasteiger partial charge is 0.318 e. The highest BCUT2D eigenvalue weighted by Crippen LogP contribution is 2.34. The van der Waals surface area contributed by atoms with Crippen LogP contribution in [0.2, 0.25) is 0 Å². The number of aromatic nitrogens is 4. The summed E-state index contributed by atoms with van der Waals surface area (Å²) in [6, 6.07) is 2.80. The second-order valence-corrected chi connectivity index (χ2v) is 9.82. The fourth-order valence-electron chi connectivity index (χ4n) is 4.61. The number of amides is 2. The van der Waals surface area contributed by atoms with Gasteiger partial charge in [-0.2, -0.15) is 14.6 Å². The van der Waals surface area contributed by atoms with Crippen LogP contribution in [0, 0.1) is 6.92 Å². The van der Waals surface area contributed by atoms with Crippen molar-refractivity contribution in [3.05, 3.63) is 35.8 Å². The number of pyridine rings is 1. The third kappa shape index (κ3) is 6.73. The molecule has 3 aromatic rings. The van der Waals surface area contributed by atoms with Crippen LogP contribution in [0.25, 0.3) is 16.8 Å². The molecule has 1 N–H and O–H groups in total. The van der Waals surface area contributed by atoms with Gasteiger partial charge >= 0.3 is 12.0 Å². The summed E-state index contributed by atoms with van der Waals surface area (Å²) >= 11 is 0. The minimum absolute atomic E-state index is 0.123. The average Bonchev–Trinajstić information content (AvgIpc) is 3.28. The molecule has 4 rings (SSSR count). The number of rotatable bonds is 5. The second kappa shape index (κ2) is 12.1. The lowest BCUT2D eigenvalue weighted by atomic mass is 10.0.